The van der Waals surface area contributed by atoms with Gasteiger partial charge in [0.15, 0.2) is 5.69 Å². The second kappa shape index (κ2) is 13.6. The Balaban J connectivity index is 1.77. The molecule has 0 aliphatic rings. The van der Waals surface area contributed by atoms with Crippen LogP contribution in [0, 0.1) is 0 Å². The van der Waals surface area contributed by atoms with Crippen LogP contribution in [0.3, 0.4) is 0 Å². The molecule has 1 unspecified atom stereocenters. The lowest BCUT2D eigenvalue weighted by Crippen LogP contribution is -2.45. The monoisotopic (exact) mass is 548 g/mol. The quantitative estimate of drug-likeness (QED) is 0.236. The molecule has 3 aromatic rings. The van der Waals surface area contributed by atoms with E-state index in [-0.39, 0.29) is 24.1 Å². The van der Waals surface area contributed by atoms with Crippen LogP contribution in [0.15, 0.2) is 54.6 Å². The van der Waals surface area contributed by atoms with Gasteiger partial charge < -0.3 is 11.1 Å². The highest BCUT2D eigenvalue weighted by Gasteiger charge is 2.28. The molecule has 0 bridgehead atoms. The number of halogens is 4. The second-order valence-corrected chi connectivity index (χ2v) is 8.76. The van der Waals surface area contributed by atoms with Crippen molar-refractivity contribution in [3.8, 4) is 5.69 Å². The van der Waals surface area contributed by atoms with E-state index in [4.69, 9.17) is 5.73 Å². The summed E-state index contributed by atoms with van der Waals surface area (Å²) in [6.45, 7) is -1.96. The average molecular weight is 549 g/mol. The molecular formula is C26H28F4N6O3. The predicted octanol–water partition coefficient (Wildman–Crippen LogP) is 3.07. The smallest absolute Gasteiger partial charge is 0.343 e. The van der Waals surface area contributed by atoms with Crippen LogP contribution in [0.5, 0.6) is 0 Å². The molecule has 0 aliphatic heterocycles. The van der Waals surface area contributed by atoms with E-state index in [0.717, 1.165) is 5.56 Å². The standard InChI is InChI=1S/C26H28F4N6O3/c27-14-6-2-5-9-21-22(25(39)33-24(38)20(31)15-17-7-3-1-4-8-17)34-35-36(21)19-12-10-18(11-13-19)23(37)32-16-26(28,29)30/h1,3-4,7-8,10-13,20H,2,5-6,9,14-16,31H2,(H,32,37)(H,33,38,39). The third kappa shape index (κ3) is 8.70. The highest BCUT2D eigenvalue weighted by Crippen LogP contribution is 2.18. The number of carbonyl (C=O) groups is 3. The van der Waals surface area contributed by atoms with Crippen molar-refractivity contribution in [3.63, 3.8) is 0 Å². The number of alkyl halides is 4. The summed E-state index contributed by atoms with van der Waals surface area (Å²) in [5.41, 5.74) is 7.37. The fourth-order valence-electron chi connectivity index (χ4n) is 3.73. The fourth-order valence-corrected chi connectivity index (χ4v) is 3.73. The van der Waals surface area contributed by atoms with Crippen LogP contribution in [-0.4, -0.2) is 58.2 Å². The minimum Gasteiger partial charge on any atom is -0.343 e. The summed E-state index contributed by atoms with van der Waals surface area (Å²) >= 11 is 0. The Morgan fingerprint density at radius 1 is 0.949 bits per heavy atom. The predicted molar refractivity (Wildman–Crippen MR) is 134 cm³/mol. The number of nitrogens with zero attached hydrogens (tertiary/aromatic N) is 3. The van der Waals surface area contributed by atoms with Gasteiger partial charge in [-0.05, 0) is 55.5 Å². The summed E-state index contributed by atoms with van der Waals surface area (Å²) < 4.78 is 51.1. The van der Waals surface area contributed by atoms with Crippen molar-refractivity contribution in [2.75, 3.05) is 13.2 Å². The summed E-state index contributed by atoms with van der Waals surface area (Å²) in [6.07, 6.45) is -2.70. The molecule has 3 amide bonds. The average Bonchev–Trinajstić information content (AvgIpc) is 3.34. The van der Waals surface area contributed by atoms with Crippen molar-refractivity contribution in [3.05, 3.63) is 77.1 Å². The molecule has 39 heavy (non-hydrogen) atoms. The van der Waals surface area contributed by atoms with Crippen LogP contribution < -0.4 is 16.4 Å². The van der Waals surface area contributed by atoms with Crippen LogP contribution >= 0.6 is 0 Å². The largest absolute Gasteiger partial charge is 0.405 e. The van der Waals surface area contributed by atoms with Crippen molar-refractivity contribution in [1.29, 1.82) is 0 Å². The van der Waals surface area contributed by atoms with Gasteiger partial charge in [0, 0.05) is 5.56 Å². The van der Waals surface area contributed by atoms with E-state index in [1.165, 1.54) is 28.9 Å². The molecule has 13 heteroatoms. The maximum Gasteiger partial charge on any atom is 0.405 e. The number of nitrogens with two attached hydrogens (primary N) is 1. The lowest BCUT2D eigenvalue weighted by Gasteiger charge is -2.12. The zero-order valence-corrected chi connectivity index (χ0v) is 20.9. The van der Waals surface area contributed by atoms with Gasteiger partial charge in [0.25, 0.3) is 11.8 Å². The van der Waals surface area contributed by atoms with E-state index < -0.39 is 43.2 Å². The zero-order chi connectivity index (χ0) is 28.4. The first kappa shape index (κ1) is 29.4. The lowest BCUT2D eigenvalue weighted by molar-refractivity contribution is -0.123. The first-order chi connectivity index (χ1) is 18.6. The normalized spacial score (nSPS) is 12.1. The van der Waals surface area contributed by atoms with Gasteiger partial charge in [0.2, 0.25) is 5.91 Å². The van der Waals surface area contributed by atoms with Gasteiger partial charge in [0.1, 0.15) is 6.54 Å². The molecule has 2 aromatic carbocycles. The minimum absolute atomic E-state index is 0.0106. The number of amides is 3. The van der Waals surface area contributed by atoms with Crippen molar-refractivity contribution in [1.82, 2.24) is 25.6 Å². The molecule has 1 atom stereocenters. The van der Waals surface area contributed by atoms with Gasteiger partial charge in [-0.15, -0.1) is 5.10 Å². The van der Waals surface area contributed by atoms with Crippen molar-refractivity contribution < 1.29 is 31.9 Å². The van der Waals surface area contributed by atoms with Crippen molar-refractivity contribution in [2.24, 2.45) is 5.73 Å². The molecule has 0 fully saturated rings. The number of unbranched alkanes of at least 4 members (excludes halogenated alkanes) is 2. The maximum absolute atomic E-state index is 13.0. The number of aromatic nitrogens is 3. The Labute approximate surface area is 221 Å². The number of hydrogen-bond acceptors (Lipinski definition) is 6. The van der Waals surface area contributed by atoms with Crippen molar-refractivity contribution in [2.45, 2.75) is 44.3 Å². The maximum atomic E-state index is 13.0. The number of hydrogen-bond donors (Lipinski definition) is 3. The molecule has 0 spiro atoms. The summed E-state index contributed by atoms with van der Waals surface area (Å²) in [6, 6.07) is 13.5. The summed E-state index contributed by atoms with van der Waals surface area (Å²) in [5, 5.41) is 12.0. The summed E-state index contributed by atoms with van der Waals surface area (Å²) in [7, 11) is 0. The molecule has 1 aromatic heterocycles. The third-order valence-corrected chi connectivity index (χ3v) is 5.72. The Bertz CT molecular complexity index is 1260. The number of carbonyl (C=O) groups excluding carboxylic acids is 3. The van der Waals surface area contributed by atoms with Gasteiger partial charge in [-0.1, -0.05) is 42.0 Å². The Morgan fingerprint density at radius 3 is 2.28 bits per heavy atom. The van der Waals surface area contributed by atoms with Crippen molar-refractivity contribution >= 4 is 17.7 Å². The van der Waals surface area contributed by atoms with E-state index in [9.17, 15) is 31.9 Å². The highest BCUT2D eigenvalue weighted by molar-refractivity contribution is 6.05. The molecule has 4 N–H and O–H groups in total. The van der Waals surface area contributed by atoms with Crippen LogP contribution in [0.25, 0.3) is 5.69 Å². The van der Waals surface area contributed by atoms with Gasteiger partial charge >= 0.3 is 6.18 Å². The third-order valence-electron chi connectivity index (χ3n) is 5.72. The van der Waals surface area contributed by atoms with Gasteiger partial charge in [-0.3, -0.25) is 24.1 Å². The zero-order valence-electron chi connectivity index (χ0n) is 20.9. The lowest BCUT2D eigenvalue weighted by atomic mass is 10.1. The van der Waals surface area contributed by atoms with Crippen LogP contribution in [0.4, 0.5) is 17.6 Å². The van der Waals surface area contributed by atoms with Crippen LogP contribution in [-0.2, 0) is 17.6 Å². The Morgan fingerprint density at radius 2 is 1.64 bits per heavy atom. The van der Waals surface area contributed by atoms with Gasteiger partial charge in [-0.2, -0.15) is 13.2 Å². The van der Waals surface area contributed by atoms with Gasteiger partial charge in [0.05, 0.1) is 24.1 Å². The molecule has 0 radical (unpaired) electrons. The molecule has 0 saturated heterocycles. The highest BCUT2D eigenvalue weighted by atomic mass is 19.4. The number of rotatable bonds is 12. The number of nitrogens with one attached hydrogen (secondary N) is 2. The molecule has 9 nitrogen and oxygen atoms in total. The van der Waals surface area contributed by atoms with E-state index in [0.29, 0.717) is 30.6 Å². The SMILES string of the molecule is NC(Cc1ccccc1)C(=O)NC(=O)c1nnn(-c2ccc(C(=O)NCC(F)(F)F)cc2)c1CCCCCF. The minimum atomic E-state index is -4.54. The van der Waals surface area contributed by atoms with E-state index in [1.54, 1.807) is 29.6 Å². The first-order valence-corrected chi connectivity index (χ1v) is 12.2. The first-order valence-electron chi connectivity index (χ1n) is 12.2. The topological polar surface area (TPSA) is 132 Å². The summed E-state index contributed by atoms with van der Waals surface area (Å²) in [4.78, 5) is 37.5. The van der Waals surface area contributed by atoms with E-state index >= 15 is 0 Å². The molecule has 1 heterocycles. The second-order valence-electron chi connectivity index (χ2n) is 8.76. The molecular weight excluding hydrogens is 520 g/mol. The van der Waals surface area contributed by atoms with E-state index in [2.05, 4.69) is 15.6 Å². The molecule has 208 valence electrons. The van der Waals surface area contributed by atoms with Gasteiger partial charge in [-0.25, -0.2) is 4.68 Å². The Kier molecular flexibility index (Phi) is 10.3. The molecule has 3 rings (SSSR count). The van der Waals surface area contributed by atoms with Crippen LogP contribution in [0.1, 0.15) is 51.4 Å². The number of imide groups is 1. The summed E-state index contributed by atoms with van der Waals surface area (Å²) in [5.74, 6) is -2.41. The Hall–Kier alpha value is -4.13. The van der Waals surface area contributed by atoms with Crippen LogP contribution in [0.2, 0.25) is 0 Å². The number of benzene rings is 2. The fraction of sp³-hybridized carbons (Fsp3) is 0.346. The molecule has 0 saturated carbocycles. The molecule has 0 aliphatic carbocycles. The van der Waals surface area contributed by atoms with E-state index in [1.807, 2.05) is 6.07 Å².